The van der Waals surface area contributed by atoms with Gasteiger partial charge in [-0.05, 0) is 24.0 Å². The summed E-state index contributed by atoms with van der Waals surface area (Å²) < 4.78 is 37.3. The Kier molecular flexibility index (Phi) is 5.39. The van der Waals surface area contributed by atoms with Crippen molar-refractivity contribution in [2.45, 2.75) is 25.1 Å². The number of rotatable bonds is 6. The van der Waals surface area contributed by atoms with Crippen LogP contribution >= 0.6 is 0 Å². The van der Waals surface area contributed by atoms with Crippen LogP contribution < -0.4 is 5.32 Å². The van der Waals surface area contributed by atoms with Crippen LogP contribution in [0, 0.1) is 0 Å². The van der Waals surface area contributed by atoms with Gasteiger partial charge in [0.2, 0.25) is 0 Å². The van der Waals surface area contributed by atoms with Crippen LogP contribution in [0.15, 0.2) is 60.7 Å². The van der Waals surface area contributed by atoms with Gasteiger partial charge in [-0.3, -0.25) is 0 Å². The standard InChI is InChI=1S/C17H18F3N/c18-17(19,20)13-21-16(11-14-7-3-1-4-8-14)12-15-9-5-2-6-10-15/h1-10,16,21H,11-13H2. The van der Waals surface area contributed by atoms with Gasteiger partial charge < -0.3 is 5.32 Å². The molecular formula is C17H18F3N. The SMILES string of the molecule is FC(F)(F)CNC(Cc1ccccc1)Cc1ccccc1. The van der Waals surface area contributed by atoms with Gasteiger partial charge in [0.25, 0.3) is 0 Å². The van der Waals surface area contributed by atoms with Crippen molar-refractivity contribution < 1.29 is 13.2 Å². The van der Waals surface area contributed by atoms with Gasteiger partial charge in [0.15, 0.2) is 0 Å². The van der Waals surface area contributed by atoms with Crippen molar-refractivity contribution in [1.82, 2.24) is 5.32 Å². The second-order valence-electron chi connectivity index (χ2n) is 5.07. The minimum Gasteiger partial charge on any atom is -0.305 e. The van der Waals surface area contributed by atoms with Crippen molar-refractivity contribution in [3.05, 3.63) is 71.8 Å². The van der Waals surface area contributed by atoms with Crippen molar-refractivity contribution >= 4 is 0 Å². The highest BCUT2D eigenvalue weighted by atomic mass is 19.4. The van der Waals surface area contributed by atoms with Crippen LogP contribution in [-0.2, 0) is 12.8 Å². The summed E-state index contributed by atoms with van der Waals surface area (Å²) in [5.74, 6) is 0. The van der Waals surface area contributed by atoms with Crippen LogP contribution in [0.2, 0.25) is 0 Å². The van der Waals surface area contributed by atoms with Gasteiger partial charge in [0.1, 0.15) is 0 Å². The summed E-state index contributed by atoms with van der Waals surface area (Å²) in [7, 11) is 0. The van der Waals surface area contributed by atoms with E-state index in [1.54, 1.807) is 0 Å². The number of hydrogen-bond acceptors (Lipinski definition) is 1. The third kappa shape index (κ3) is 6.00. The lowest BCUT2D eigenvalue weighted by Crippen LogP contribution is -2.39. The fourth-order valence-corrected chi connectivity index (χ4v) is 2.27. The summed E-state index contributed by atoms with van der Waals surface area (Å²) in [6, 6.07) is 18.9. The van der Waals surface area contributed by atoms with E-state index in [4.69, 9.17) is 0 Å². The third-order valence-electron chi connectivity index (χ3n) is 3.24. The molecule has 0 radical (unpaired) electrons. The van der Waals surface area contributed by atoms with Gasteiger partial charge in [-0.1, -0.05) is 60.7 Å². The van der Waals surface area contributed by atoms with E-state index in [9.17, 15) is 13.2 Å². The van der Waals surface area contributed by atoms with E-state index in [2.05, 4.69) is 5.32 Å². The lowest BCUT2D eigenvalue weighted by Gasteiger charge is -2.20. The lowest BCUT2D eigenvalue weighted by atomic mass is 9.99. The van der Waals surface area contributed by atoms with Crippen LogP contribution in [0.5, 0.6) is 0 Å². The number of halogens is 3. The predicted octanol–water partition coefficient (Wildman–Crippen LogP) is 3.99. The van der Waals surface area contributed by atoms with Crippen molar-refractivity contribution in [3.63, 3.8) is 0 Å². The molecule has 0 saturated carbocycles. The quantitative estimate of drug-likeness (QED) is 0.849. The Morgan fingerprint density at radius 2 is 1.19 bits per heavy atom. The molecule has 4 heteroatoms. The largest absolute Gasteiger partial charge is 0.401 e. The van der Waals surface area contributed by atoms with E-state index >= 15 is 0 Å². The fraction of sp³-hybridized carbons (Fsp3) is 0.294. The zero-order chi connectivity index (χ0) is 15.1. The van der Waals surface area contributed by atoms with E-state index in [-0.39, 0.29) is 6.04 Å². The molecule has 0 aromatic heterocycles. The summed E-state index contributed by atoms with van der Waals surface area (Å²) in [6.45, 7) is -0.961. The number of nitrogens with one attached hydrogen (secondary N) is 1. The van der Waals surface area contributed by atoms with Gasteiger partial charge in [-0.25, -0.2) is 0 Å². The fourth-order valence-electron chi connectivity index (χ4n) is 2.27. The first-order chi connectivity index (χ1) is 10.0. The Morgan fingerprint density at radius 1 is 0.762 bits per heavy atom. The number of alkyl halides is 3. The maximum atomic E-state index is 12.4. The molecule has 2 aromatic carbocycles. The van der Waals surface area contributed by atoms with Crippen molar-refractivity contribution in [3.8, 4) is 0 Å². The molecule has 1 N–H and O–H groups in total. The second-order valence-corrected chi connectivity index (χ2v) is 5.07. The van der Waals surface area contributed by atoms with Crippen molar-refractivity contribution in [1.29, 1.82) is 0 Å². The van der Waals surface area contributed by atoms with Crippen LogP contribution in [0.25, 0.3) is 0 Å². The first-order valence-electron chi connectivity index (χ1n) is 6.91. The van der Waals surface area contributed by atoms with Crippen molar-refractivity contribution in [2.24, 2.45) is 0 Å². The molecule has 1 nitrogen and oxygen atoms in total. The van der Waals surface area contributed by atoms with Gasteiger partial charge in [-0.2, -0.15) is 13.2 Å². The molecule has 0 bridgehead atoms. The molecule has 21 heavy (non-hydrogen) atoms. The molecule has 0 fully saturated rings. The number of hydrogen-bond donors (Lipinski definition) is 1. The van der Waals surface area contributed by atoms with E-state index in [0.29, 0.717) is 12.8 Å². The molecule has 0 atom stereocenters. The van der Waals surface area contributed by atoms with Crippen LogP contribution in [0.1, 0.15) is 11.1 Å². The van der Waals surface area contributed by atoms with E-state index in [1.807, 2.05) is 60.7 Å². The molecule has 0 aliphatic rings. The van der Waals surface area contributed by atoms with E-state index < -0.39 is 12.7 Å². The minimum atomic E-state index is -4.19. The Labute approximate surface area is 122 Å². The smallest absolute Gasteiger partial charge is 0.305 e. The lowest BCUT2D eigenvalue weighted by molar-refractivity contribution is -0.126. The highest BCUT2D eigenvalue weighted by Gasteiger charge is 2.28. The molecule has 0 saturated heterocycles. The molecule has 0 aliphatic carbocycles. The maximum absolute atomic E-state index is 12.4. The highest BCUT2D eigenvalue weighted by Crippen LogP contribution is 2.15. The van der Waals surface area contributed by atoms with Crippen molar-refractivity contribution in [2.75, 3.05) is 6.54 Å². The molecule has 2 rings (SSSR count). The van der Waals surface area contributed by atoms with Crippen LogP contribution in [0.4, 0.5) is 13.2 Å². The van der Waals surface area contributed by atoms with Gasteiger partial charge in [-0.15, -0.1) is 0 Å². The van der Waals surface area contributed by atoms with Crippen LogP contribution in [-0.4, -0.2) is 18.8 Å². The first kappa shape index (κ1) is 15.6. The maximum Gasteiger partial charge on any atom is 0.401 e. The normalized spacial score (nSPS) is 11.8. The molecule has 0 aliphatic heterocycles. The molecule has 2 aromatic rings. The zero-order valence-electron chi connectivity index (χ0n) is 11.6. The Balaban J connectivity index is 2.03. The Hall–Kier alpha value is -1.81. The molecule has 0 amide bonds. The van der Waals surface area contributed by atoms with E-state index in [0.717, 1.165) is 11.1 Å². The van der Waals surface area contributed by atoms with Crippen LogP contribution in [0.3, 0.4) is 0 Å². The Bertz CT molecular complexity index is 481. The average molecular weight is 293 g/mol. The van der Waals surface area contributed by atoms with E-state index in [1.165, 1.54) is 0 Å². The monoisotopic (exact) mass is 293 g/mol. The summed E-state index contributed by atoms with van der Waals surface area (Å²) in [5, 5.41) is 2.63. The number of benzene rings is 2. The van der Waals surface area contributed by atoms with Gasteiger partial charge in [0, 0.05) is 6.04 Å². The summed E-state index contributed by atoms with van der Waals surface area (Å²) >= 11 is 0. The summed E-state index contributed by atoms with van der Waals surface area (Å²) in [4.78, 5) is 0. The molecule has 0 unspecified atom stereocenters. The first-order valence-corrected chi connectivity index (χ1v) is 6.91. The topological polar surface area (TPSA) is 12.0 Å². The zero-order valence-corrected chi connectivity index (χ0v) is 11.6. The third-order valence-corrected chi connectivity index (χ3v) is 3.24. The predicted molar refractivity (Wildman–Crippen MR) is 78.1 cm³/mol. The highest BCUT2D eigenvalue weighted by molar-refractivity contribution is 5.19. The van der Waals surface area contributed by atoms with Gasteiger partial charge >= 0.3 is 6.18 Å². The molecule has 0 spiro atoms. The summed E-state index contributed by atoms with van der Waals surface area (Å²) in [5.41, 5.74) is 2.07. The van der Waals surface area contributed by atoms with Gasteiger partial charge in [0.05, 0.1) is 6.54 Å². The molecule has 0 heterocycles. The second kappa shape index (κ2) is 7.27. The minimum absolute atomic E-state index is 0.239. The summed E-state index contributed by atoms with van der Waals surface area (Å²) in [6.07, 6.45) is -3.04. The molecular weight excluding hydrogens is 275 g/mol. The molecule has 112 valence electrons. The average Bonchev–Trinajstić information content (AvgIpc) is 2.46. The Morgan fingerprint density at radius 3 is 1.57 bits per heavy atom.